The van der Waals surface area contributed by atoms with Gasteiger partial charge in [-0.1, -0.05) is 59.8 Å². The van der Waals surface area contributed by atoms with E-state index >= 15 is 0 Å². The molecule has 1 saturated heterocycles. The van der Waals surface area contributed by atoms with Gasteiger partial charge in [-0.3, -0.25) is 14.5 Å². The van der Waals surface area contributed by atoms with Crippen LogP contribution in [0.2, 0.25) is 5.02 Å². The van der Waals surface area contributed by atoms with Gasteiger partial charge in [-0.25, -0.2) is 4.98 Å². The number of carbonyl (C=O) groups excluding carboxylic acids is 2. The summed E-state index contributed by atoms with van der Waals surface area (Å²) in [5.74, 6) is 0.433. The summed E-state index contributed by atoms with van der Waals surface area (Å²) < 4.78 is 5.73. The Kier molecular flexibility index (Phi) is 8.56. The minimum atomic E-state index is -0.144. The molecule has 0 aliphatic carbocycles. The van der Waals surface area contributed by atoms with E-state index in [2.05, 4.69) is 10.3 Å². The monoisotopic (exact) mass is 543 g/mol. The number of hydrogen-bond donors (Lipinski definition) is 1. The summed E-state index contributed by atoms with van der Waals surface area (Å²) in [7, 11) is 1.60. The number of thiocarbonyl (C=S) groups is 1. The Balaban J connectivity index is 1.26. The van der Waals surface area contributed by atoms with Crippen LogP contribution in [0.5, 0.6) is 5.75 Å². The molecule has 2 amide bonds. The van der Waals surface area contributed by atoms with Gasteiger partial charge in [-0.05, 0) is 47.9 Å². The zero-order valence-corrected chi connectivity index (χ0v) is 22.0. The first-order chi connectivity index (χ1) is 16.9. The van der Waals surface area contributed by atoms with E-state index in [0.29, 0.717) is 32.3 Å². The lowest BCUT2D eigenvalue weighted by molar-refractivity contribution is -0.122. The summed E-state index contributed by atoms with van der Waals surface area (Å²) in [5, 5.41) is 4.10. The first-order valence-electron chi connectivity index (χ1n) is 10.8. The van der Waals surface area contributed by atoms with E-state index in [4.69, 9.17) is 28.6 Å². The highest BCUT2D eigenvalue weighted by molar-refractivity contribution is 8.26. The van der Waals surface area contributed by atoms with Crippen molar-refractivity contribution in [3.05, 3.63) is 80.7 Å². The van der Waals surface area contributed by atoms with Crippen LogP contribution in [0.4, 0.5) is 5.13 Å². The van der Waals surface area contributed by atoms with Gasteiger partial charge in [-0.2, -0.15) is 0 Å². The van der Waals surface area contributed by atoms with E-state index in [1.54, 1.807) is 24.3 Å². The number of rotatable bonds is 9. The van der Waals surface area contributed by atoms with Gasteiger partial charge >= 0.3 is 0 Å². The molecule has 1 N–H and O–H groups in total. The first-order valence-corrected chi connectivity index (χ1v) is 13.2. The van der Waals surface area contributed by atoms with Gasteiger partial charge in [0.25, 0.3) is 5.91 Å². The maximum absolute atomic E-state index is 12.8. The molecule has 2 heterocycles. The van der Waals surface area contributed by atoms with Crippen molar-refractivity contribution in [3.63, 3.8) is 0 Å². The third-order valence-corrected chi connectivity index (χ3v) is 7.68. The molecule has 1 aromatic heterocycles. The van der Waals surface area contributed by atoms with E-state index in [-0.39, 0.29) is 18.2 Å². The number of ether oxygens (including phenoxy) is 1. The van der Waals surface area contributed by atoms with E-state index in [9.17, 15) is 9.59 Å². The van der Waals surface area contributed by atoms with Crippen molar-refractivity contribution in [2.45, 2.75) is 19.3 Å². The molecule has 0 unspecified atom stereocenters. The zero-order chi connectivity index (χ0) is 24.8. The van der Waals surface area contributed by atoms with E-state index in [1.807, 2.05) is 48.5 Å². The minimum absolute atomic E-state index is 0.144. The number of anilines is 1. The number of benzene rings is 2. The van der Waals surface area contributed by atoms with Crippen LogP contribution in [0.1, 0.15) is 28.8 Å². The molecule has 0 bridgehead atoms. The number of halogens is 1. The molecule has 35 heavy (non-hydrogen) atoms. The molecular weight excluding hydrogens is 522 g/mol. The molecule has 10 heteroatoms. The molecule has 180 valence electrons. The number of amides is 2. The lowest BCUT2D eigenvalue weighted by atomic mass is 10.1. The molecule has 1 aliphatic heterocycles. The Morgan fingerprint density at radius 2 is 2.06 bits per heavy atom. The number of methoxy groups -OCH3 is 1. The van der Waals surface area contributed by atoms with Gasteiger partial charge in [0, 0.05) is 35.5 Å². The second-order valence-corrected chi connectivity index (χ2v) is 10.9. The molecular formula is C25H22ClN3O3S3. The molecule has 3 aromatic rings. The van der Waals surface area contributed by atoms with Crippen molar-refractivity contribution in [2.75, 3.05) is 19.0 Å². The molecule has 0 radical (unpaired) electrons. The number of thioether (sulfide) groups is 1. The lowest BCUT2D eigenvalue weighted by Crippen LogP contribution is -2.29. The number of nitrogens with zero attached hydrogens (tertiary/aromatic N) is 2. The Bertz CT molecular complexity index is 1270. The SMILES string of the molecule is COc1cccc(/C=C2\SC(=S)N(CCCC(=O)Nc3ncc(Cc4ccc(Cl)cc4)s3)C2=O)c1. The Morgan fingerprint density at radius 1 is 1.26 bits per heavy atom. The third-order valence-electron chi connectivity index (χ3n) is 5.14. The van der Waals surface area contributed by atoms with E-state index < -0.39 is 0 Å². The minimum Gasteiger partial charge on any atom is -0.497 e. The summed E-state index contributed by atoms with van der Waals surface area (Å²) in [6.45, 7) is 0.382. The highest BCUT2D eigenvalue weighted by Gasteiger charge is 2.31. The van der Waals surface area contributed by atoms with Crippen molar-refractivity contribution in [1.82, 2.24) is 9.88 Å². The highest BCUT2D eigenvalue weighted by Crippen LogP contribution is 2.33. The highest BCUT2D eigenvalue weighted by atomic mass is 35.5. The summed E-state index contributed by atoms with van der Waals surface area (Å²) in [6.07, 6.45) is 5.05. The maximum atomic E-state index is 12.8. The van der Waals surface area contributed by atoms with Crippen molar-refractivity contribution >= 4 is 74.3 Å². The number of carbonyl (C=O) groups is 2. The molecule has 2 aromatic carbocycles. The fourth-order valence-electron chi connectivity index (χ4n) is 3.41. The van der Waals surface area contributed by atoms with Gasteiger partial charge in [0.05, 0.1) is 12.0 Å². The fraction of sp³-hybridized carbons (Fsp3) is 0.200. The van der Waals surface area contributed by atoms with Gasteiger partial charge in [0.2, 0.25) is 5.91 Å². The largest absolute Gasteiger partial charge is 0.497 e. The smallest absolute Gasteiger partial charge is 0.266 e. The van der Waals surface area contributed by atoms with Crippen molar-refractivity contribution in [2.24, 2.45) is 0 Å². The third kappa shape index (κ3) is 6.91. The van der Waals surface area contributed by atoms with Gasteiger partial charge in [-0.15, -0.1) is 11.3 Å². The van der Waals surface area contributed by atoms with Gasteiger partial charge < -0.3 is 10.1 Å². The van der Waals surface area contributed by atoms with Crippen LogP contribution in [0.3, 0.4) is 0 Å². The van der Waals surface area contributed by atoms with Crippen molar-refractivity contribution < 1.29 is 14.3 Å². The van der Waals surface area contributed by atoms with Gasteiger partial charge in [0.15, 0.2) is 5.13 Å². The van der Waals surface area contributed by atoms with Crippen LogP contribution >= 0.6 is 46.9 Å². The van der Waals surface area contributed by atoms with Crippen LogP contribution in [0.15, 0.2) is 59.6 Å². The van der Waals surface area contributed by atoms with Crippen LogP contribution in [-0.4, -0.2) is 39.7 Å². The van der Waals surface area contributed by atoms with E-state index in [0.717, 1.165) is 28.2 Å². The lowest BCUT2D eigenvalue weighted by Gasteiger charge is -2.13. The van der Waals surface area contributed by atoms with Crippen LogP contribution in [0, 0.1) is 0 Å². The zero-order valence-electron chi connectivity index (χ0n) is 18.8. The number of aromatic nitrogens is 1. The van der Waals surface area contributed by atoms with Crippen molar-refractivity contribution in [1.29, 1.82) is 0 Å². The Hall–Kier alpha value is -2.72. The molecule has 1 aliphatic rings. The molecule has 0 atom stereocenters. The Morgan fingerprint density at radius 3 is 2.83 bits per heavy atom. The summed E-state index contributed by atoms with van der Waals surface area (Å²) in [6, 6.07) is 15.1. The molecule has 1 fully saturated rings. The average molecular weight is 544 g/mol. The standard InChI is InChI=1S/C25H22ClN3O3S3/c1-32-19-5-2-4-17(12-19)14-21-23(31)29(25(33)35-21)11-3-6-22(30)28-24-27-15-20(34-24)13-16-7-9-18(26)10-8-16/h2,4-5,7-10,12,14-15H,3,6,11,13H2,1H3,(H,27,28,30)/b21-14-. The predicted molar refractivity (Wildman–Crippen MR) is 147 cm³/mol. The van der Waals surface area contributed by atoms with Crippen LogP contribution in [-0.2, 0) is 16.0 Å². The molecule has 0 saturated carbocycles. The number of hydrogen-bond acceptors (Lipinski definition) is 7. The van der Waals surface area contributed by atoms with Crippen LogP contribution in [0.25, 0.3) is 6.08 Å². The van der Waals surface area contributed by atoms with E-state index in [1.165, 1.54) is 23.1 Å². The summed E-state index contributed by atoms with van der Waals surface area (Å²) in [5.41, 5.74) is 1.99. The van der Waals surface area contributed by atoms with Crippen LogP contribution < -0.4 is 10.1 Å². The fourth-order valence-corrected chi connectivity index (χ4v) is 5.70. The topological polar surface area (TPSA) is 71.5 Å². The first kappa shape index (κ1) is 25.4. The quantitative estimate of drug-likeness (QED) is 0.263. The molecule has 6 nitrogen and oxygen atoms in total. The average Bonchev–Trinajstić information content (AvgIpc) is 3.39. The second kappa shape index (κ2) is 11.8. The second-order valence-electron chi connectivity index (χ2n) is 7.70. The van der Waals surface area contributed by atoms with Gasteiger partial charge in [0.1, 0.15) is 10.1 Å². The number of nitrogens with one attached hydrogen (secondary N) is 1. The predicted octanol–water partition coefficient (Wildman–Crippen LogP) is 6.02. The summed E-state index contributed by atoms with van der Waals surface area (Å²) in [4.78, 5) is 32.7. The maximum Gasteiger partial charge on any atom is 0.266 e. The molecule has 4 rings (SSSR count). The normalized spacial score (nSPS) is 14.6. The molecule has 0 spiro atoms. The Labute approximate surface area is 222 Å². The van der Waals surface area contributed by atoms with Crippen molar-refractivity contribution in [3.8, 4) is 5.75 Å². The number of thiazole rings is 1. The summed E-state index contributed by atoms with van der Waals surface area (Å²) >= 11 is 14.0.